The van der Waals surface area contributed by atoms with Crippen LogP contribution < -0.4 is 5.32 Å². The van der Waals surface area contributed by atoms with Gasteiger partial charge in [-0.15, -0.1) is 0 Å². The molecule has 1 aliphatic carbocycles. The lowest BCUT2D eigenvalue weighted by molar-refractivity contribution is -0.133. The minimum absolute atomic E-state index is 0.00837. The molecule has 1 saturated carbocycles. The lowest BCUT2D eigenvalue weighted by Crippen LogP contribution is -2.56. The third kappa shape index (κ3) is 3.13. The molecule has 2 aromatic rings. The molecule has 0 atom stereocenters. The molecule has 7 nitrogen and oxygen atoms in total. The van der Waals surface area contributed by atoms with Crippen molar-refractivity contribution >= 4 is 11.8 Å². The normalized spacial score (nSPS) is 19.3. The second kappa shape index (κ2) is 6.63. The van der Waals surface area contributed by atoms with Crippen molar-refractivity contribution in [2.45, 2.75) is 38.1 Å². The van der Waals surface area contributed by atoms with E-state index in [1.807, 2.05) is 19.2 Å². The predicted octanol–water partition coefficient (Wildman–Crippen LogP) is 1.94. The topological polar surface area (TPSA) is 80.4 Å². The molecule has 2 aliphatic rings. The lowest BCUT2D eigenvalue weighted by Gasteiger charge is -2.40. The minimum Gasteiger partial charge on any atom is -0.456 e. The zero-order chi connectivity index (χ0) is 18.1. The molecule has 2 amide bonds. The summed E-state index contributed by atoms with van der Waals surface area (Å²) >= 11 is 0. The van der Waals surface area contributed by atoms with Crippen molar-refractivity contribution in [1.82, 2.24) is 20.0 Å². The fourth-order valence-corrected chi connectivity index (χ4v) is 3.59. The molecule has 1 N–H and O–H groups in total. The fourth-order valence-electron chi connectivity index (χ4n) is 3.59. The molecule has 2 fully saturated rings. The summed E-state index contributed by atoms with van der Waals surface area (Å²) in [7, 11) is 0. The van der Waals surface area contributed by atoms with E-state index in [4.69, 9.17) is 4.42 Å². The Balaban J connectivity index is 1.48. The Morgan fingerprint density at radius 2 is 2.08 bits per heavy atom. The van der Waals surface area contributed by atoms with E-state index in [1.54, 1.807) is 27.9 Å². The van der Waals surface area contributed by atoms with Crippen molar-refractivity contribution in [3.63, 3.8) is 0 Å². The van der Waals surface area contributed by atoms with Crippen LogP contribution in [0.4, 0.5) is 0 Å². The van der Waals surface area contributed by atoms with Crippen molar-refractivity contribution in [1.29, 1.82) is 0 Å². The van der Waals surface area contributed by atoms with Crippen LogP contribution >= 0.6 is 0 Å². The number of aryl methyl sites for hydroxylation is 1. The Labute approximate surface area is 152 Å². The molecule has 0 bridgehead atoms. The van der Waals surface area contributed by atoms with Crippen LogP contribution in [0.5, 0.6) is 0 Å². The molecule has 1 aliphatic heterocycles. The molecule has 0 radical (unpaired) electrons. The number of amides is 2. The maximum absolute atomic E-state index is 13.0. The Bertz CT molecular complexity index is 784. The van der Waals surface area contributed by atoms with Crippen LogP contribution in [0.25, 0.3) is 0 Å². The number of hydrogen-bond donors (Lipinski definition) is 1. The quantitative estimate of drug-likeness (QED) is 0.888. The van der Waals surface area contributed by atoms with Gasteiger partial charge >= 0.3 is 0 Å². The van der Waals surface area contributed by atoms with E-state index in [2.05, 4.69) is 10.4 Å². The van der Waals surface area contributed by atoms with Gasteiger partial charge in [-0.05, 0) is 56.7 Å². The highest BCUT2D eigenvalue weighted by Gasteiger charge is 2.45. The van der Waals surface area contributed by atoms with Crippen molar-refractivity contribution in [3.05, 3.63) is 42.1 Å². The molecule has 26 heavy (non-hydrogen) atoms. The van der Waals surface area contributed by atoms with Crippen LogP contribution in [0.15, 0.2) is 35.0 Å². The van der Waals surface area contributed by atoms with Gasteiger partial charge in [-0.25, -0.2) is 0 Å². The highest BCUT2D eigenvalue weighted by Crippen LogP contribution is 2.32. The molecular weight excluding hydrogens is 332 g/mol. The third-order valence-electron chi connectivity index (χ3n) is 5.44. The number of hydrogen-bond acceptors (Lipinski definition) is 4. The lowest BCUT2D eigenvalue weighted by atomic mass is 9.86. The zero-order valence-electron chi connectivity index (χ0n) is 15.0. The number of rotatable bonds is 5. The second-order valence-electron chi connectivity index (χ2n) is 7.34. The molecule has 138 valence electrons. The highest BCUT2D eigenvalue weighted by molar-refractivity contribution is 5.92. The van der Waals surface area contributed by atoms with Gasteiger partial charge in [0.15, 0.2) is 5.76 Å². The monoisotopic (exact) mass is 356 g/mol. The van der Waals surface area contributed by atoms with Crippen LogP contribution in [0.3, 0.4) is 0 Å². The van der Waals surface area contributed by atoms with Crippen LogP contribution in [0.2, 0.25) is 0 Å². The van der Waals surface area contributed by atoms with Crippen LogP contribution in [-0.4, -0.2) is 46.1 Å². The number of aromatic nitrogens is 2. The summed E-state index contributed by atoms with van der Waals surface area (Å²) in [5, 5.41) is 7.44. The van der Waals surface area contributed by atoms with Gasteiger partial charge in [0, 0.05) is 32.0 Å². The Hall–Kier alpha value is -2.57. The molecule has 2 aromatic heterocycles. The molecule has 7 heteroatoms. The van der Waals surface area contributed by atoms with Gasteiger partial charge in [0.1, 0.15) is 11.3 Å². The number of nitrogens with zero attached hydrogens (tertiary/aromatic N) is 3. The van der Waals surface area contributed by atoms with Gasteiger partial charge in [0.2, 0.25) is 5.91 Å². The number of carbonyl (C=O) groups is 2. The van der Waals surface area contributed by atoms with Gasteiger partial charge < -0.3 is 14.6 Å². The number of nitrogens with one attached hydrogen (secondary N) is 1. The standard InChI is InChI=1S/C19H24N4O3/c1-14-3-6-16(26-14)17(24)22-11-7-19(8-12-22,23-10-2-9-21-23)18(25)20-13-15-4-5-15/h2-3,6,9-10,15H,4-5,7-8,11-13H2,1H3,(H,20,25). The summed E-state index contributed by atoms with van der Waals surface area (Å²) in [6, 6.07) is 5.32. The van der Waals surface area contributed by atoms with E-state index in [0.29, 0.717) is 37.6 Å². The zero-order valence-corrected chi connectivity index (χ0v) is 15.0. The fraction of sp³-hybridized carbons (Fsp3) is 0.526. The maximum atomic E-state index is 13.0. The Morgan fingerprint density at radius 1 is 1.31 bits per heavy atom. The molecule has 0 aromatic carbocycles. The van der Waals surface area contributed by atoms with Crippen LogP contribution in [0, 0.1) is 12.8 Å². The summed E-state index contributed by atoms with van der Waals surface area (Å²) < 4.78 is 7.21. The summed E-state index contributed by atoms with van der Waals surface area (Å²) in [6.07, 6.45) is 7.00. The summed E-state index contributed by atoms with van der Waals surface area (Å²) in [4.78, 5) is 27.4. The van der Waals surface area contributed by atoms with Crippen LogP contribution in [0.1, 0.15) is 42.0 Å². The Kier molecular flexibility index (Phi) is 4.30. The van der Waals surface area contributed by atoms with Gasteiger partial charge in [0.05, 0.1) is 0 Å². The summed E-state index contributed by atoms with van der Waals surface area (Å²) in [5.41, 5.74) is -0.728. The van der Waals surface area contributed by atoms with E-state index in [1.165, 1.54) is 12.8 Å². The summed E-state index contributed by atoms with van der Waals surface area (Å²) in [6.45, 7) is 3.54. The van der Waals surface area contributed by atoms with Crippen LogP contribution in [-0.2, 0) is 10.3 Å². The molecule has 3 heterocycles. The SMILES string of the molecule is Cc1ccc(C(=O)N2CCC(C(=O)NCC3CC3)(n3cccn3)CC2)o1. The van der Waals surface area contributed by atoms with Gasteiger partial charge in [0.25, 0.3) is 5.91 Å². The van der Waals surface area contributed by atoms with E-state index < -0.39 is 5.54 Å². The first-order chi connectivity index (χ1) is 12.6. The first kappa shape index (κ1) is 16.9. The largest absolute Gasteiger partial charge is 0.456 e. The first-order valence-corrected chi connectivity index (χ1v) is 9.23. The van der Waals surface area contributed by atoms with E-state index in [-0.39, 0.29) is 11.8 Å². The summed E-state index contributed by atoms with van der Waals surface area (Å²) in [5.74, 6) is 1.58. The number of furan rings is 1. The van der Waals surface area contributed by atoms with E-state index >= 15 is 0 Å². The van der Waals surface area contributed by atoms with Gasteiger partial charge in [-0.3, -0.25) is 14.3 Å². The van der Waals surface area contributed by atoms with Crippen molar-refractivity contribution in [2.75, 3.05) is 19.6 Å². The molecule has 0 unspecified atom stereocenters. The number of likely N-dealkylation sites (tertiary alicyclic amines) is 1. The highest BCUT2D eigenvalue weighted by atomic mass is 16.3. The number of piperidine rings is 1. The van der Waals surface area contributed by atoms with Crippen molar-refractivity contribution in [2.24, 2.45) is 5.92 Å². The molecule has 4 rings (SSSR count). The first-order valence-electron chi connectivity index (χ1n) is 9.23. The number of carbonyl (C=O) groups excluding carboxylic acids is 2. The van der Waals surface area contributed by atoms with E-state index in [9.17, 15) is 9.59 Å². The predicted molar refractivity (Wildman–Crippen MR) is 94.5 cm³/mol. The van der Waals surface area contributed by atoms with Gasteiger partial charge in [-0.1, -0.05) is 0 Å². The smallest absolute Gasteiger partial charge is 0.289 e. The Morgan fingerprint density at radius 3 is 2.65 bits per heavy atom. The molecular formula is C19H24N4O3. The molecule has 0 spiro atoms. The third-order valence-corrected chi connectivity index (χ3v) is 5.44. The van der Waals surface area contributed by atoms with Gasteiger partial charge in [-0.2, -0.15) is 5.10 Å². The average molecular weight is 356 g/mol. The van der Waals surface area contributed by atoms with Crippen molar-refractivity contribution in [3.8, 4) is 0 Å². The maximum Gasteiger partial charge on any atom is 0.289 e. The minimum atomic E-state index is -0.728. The molecule has 1 saturated heterocycles. The van der Waals surface area contributed by atoms with E-state index in [0.717, 1.165) is 12.3 Å². The second-order valence-corrected chi connectivity index (χ2v) is 7.34. The van der Waals surface area contributed by atoms with Crippen molar-refractivity contribution < 1.29 is 14.0 Å². The average Bonchev–Trinajstić information content (AvgIpc) is 3.12.